The van der Waals surface area contributed by atoms with Crippen LogP contribution in [0.1, 0.15) is 5.56 Å². The molecular weight excluding hydrogens is 212 g/mol. The van der Waals surface area contributed by atoms with Gasteiger partial charge in [-0.25, -0.2) is 4.39 Å². The number of ether oxygens (including phenoxy) is 1. The summed E-state index contributed by atoms with van der Waals surface area (Å²) in [5, 5.41) is 0. The normalized spacial score (nSPS) is 10.1. The van der Waals surface area contributed by atoms with Crippen molar-refractivity contribution in [1.29, 1.82) is 0 Å². The molecule has 1 heterocycles. The summed E-state index contributed by atoms with van der Waals surface area (Å²) in [5.41, 5.74) is 0.846. The van der Waals surface area contributed by atoms with Gasteiger partial charge in [-0.05, 0) is 29.8 Å². The minimum atomic E-state index is -0.962. The molecule has 82 valence electrons. The zero-order valence-corrected chi connectivity index (χ0v) is 8.36. The summed E-state index contributed by atoms with van der Waals surface area (Å²) in [6.45, 7) is 0.183. The number of aromatic nitrogens is 1. The van der Waals surface area contributed by atoms with Crippen molar-refractivity contribution in [1.82, 2.24) is 4.98 Å². The van der Waals surface area contributed by atoms with Gasteiger partial charge in [0.25, 0.3) is 0 Å². The summed E-state index contributed by atoms with van der Waals surface area (Å²) < 4.78 is 31.2. The van der Waals surface area contributed by atoms with Crippen LogP contribution in [0.2, 0.25) is 0 Å². The van der Waals surface area contributed by atoms with Crippen molar-refractivity contribution in [3.63, 3.8) is 0 Å². The highest BCUT2D eigenvalue weighted by molar-refractivity contribution is 5.25. The monoisotopic (exact) mass is 221 g/mol. The molecule has 1 aromatic carbocycles. The first-order valence-corrected chi connectivity index (χ1v) is 4.73. The summed E-state index contributed by atoms with van der Waals surface area (Å²) in [5.74, 6) is -1.96. The first kappa shape index (κ1) is 10.5. The smallest absolute Gasteiger partial charge is 0.200 e. The number of hydrogen-bond donors (Lipinski definition) is 0. The van der Waals surface area contributed by atoms with E-state index in [-0.39, 0.29) is 12.4 Å². The lowest BCUT2D eigenvalue weighted by atomic mass is 10.3. The van der Waals surface area contributed by atoms with Gasteiger partial charge in [0.05, 0.1) is 0 Å². The standard InChI is InChI=1S/C12H9F2NO/c13-10-2-1-3-11(12(10)14)16-8-9-4-6-15-7-5-9/h1-7H,8H2. The van der Waals surface area contributed by atoms with Crippen LogP contribution in [0.25, 0.3) is 0 Å². The summed E-state index contributed by atoms with van der Waals surface area (Å²) in [6.07, 6.45) is 3.22. The van der Waals surface area contributed by atoms with Crippen molar-refractivity contribution in [3.8, 4) is 5.75 Å². The fourth-order valence-corrected chi connectivity index (χ4v) is 1.24. The van der Waals surface area contributed by atoms with Crippen molar-refractivity contribution >= 4 is 0 Å². The molecule has 0 unspecified atom stereocenters. The lowest BCUT2D eigenvalue weighted by molar-refractivity contribution is 0.284. The van der Waals surface area contributed by atoms with Crippen molar-refractivity contribution in [2.24, 2.45) is 0 Å². The van der Waals surface area contributed by atoms with Gasteiger partial charge in [0, 0.05) is 12.4 Å². The van der Waals surface area contributed by atoms with Gasteiger partial charge in [0.15, 0.2) is 11.6 Å². The maximum absolute atomic E-state index is 13.2. The molecule has 16 heavy (non-hydrogen) atoms. The van der Waals surface area contributed by atoms with Crippen molar-refractivity contribution in [2.45, 2.75) is 6.61 Å². The summed E-state index contributed by atoms with van der Waals surface area (Å²) in [7, 11) is 0. The van der Waals surface area contributed by atoms with E-state index in [4.69, 9.17) is 4.74 Å². The van der Waals surface area contributed by atoms with Gasteiger partial charge in [-0.2, -0.15) is 4.39 Å². The Hall–Kier alpha value is -1.97. The predicted octanol–water partition coefficient (Wildman–Crippen LogP) is 2.94. The molecule has 0 saturated heterocycles. The van der Waals surface area contributed by atoms with Crippen LogP contribution < -0.4 is 4.74 Å². The minimum absolute atomic E-state index is 0.0863. The molecule has 0 aliphatic heterocycles. The highest BCUT2D eigenvalue weighted by atomic mass is 19.2. The molecule has 1 aromatic heterocycles. The molecule has 0 aliphatic carbocycles. The molecule has 0 radical (unpaired) electrons. The van der Waals surface area contributed by atoms with Gasteiger partial charge in [0.2, 0.25) is 5.82 Å². The largest absolute Gasteiger partial charge is 0.486 e. The molecule has 0 aliphatic rings. The van der Waals surface area contributed by atoms with Crippen LogP contribution in [0.4, 0.5) is 8.78 Å². The Bertz CT molecular complexity index is 474. The van der Waals surface area contributed by atoms with E-state index in [1.807, 2.05) is 0 Å². The number of hydrogen-bond acceptors (Lipinski definition) is 2. The van der Waals surface area contributed by atoms with Gasteiger partial charge in [-0.3, -0.25) is 4.98 Å². The van der Waals surface area contributed by atoms with E-state index >= 15 is 0 Å². The van der Waals surface area contributed by atoms with E-state index in [0.29, 0.717) is 0 Å². The van der Waals surface area contributed by atoms with Gasteiger partial charge in [-0.15, -0.1) is 0 Å². The lowest BCUT2D eigenvalue weighted by Gasteiger charge is -2.07. The van der Waals surface area contributed by atoms with E-state index in [1.54, 1.807) is 24.5 Å². The fourth-order valence-electron chi connectivity index (χ4n) is 1.24. The molecule has 0 spiro atoms. The second kappa shape index (κ2) is 4.70. The van der Waals surface area contributed by atoms with Crippen LogP contribution in [-0.2, 0) is 6.61 Å². The van der Waals surface area contributed by atoms with E-state index in [1.165, 1.54) is 12.1 Å². The summed E-state index contributed by atoms with van der Waals surface area (Å²) >= 11 is 0. The average Bonchev–Trinajstić information content (AvgIpc) is 2.32. The molecule has 0 fully saturated rings. The van der Waals surface area contributed by atoms with E-state index in [2.05, 4.69) is 4.98 Å². The van der Waals surface area contributed by atoms with Crippen LogP contribution in [-0.4, -0.2) is 4.98 Å². The summed E-state index contributed by atoms with van der Waals surface area (Å²) in [4.78, 5) is 3.84. The highest BCUT2D eigenvalue weighted by Crippen LogP contribution is 2.20. The fraction of sp³-hybridized carbons (Fsp3) is 0.0833. The Kier molecular flexibility index (Phi) is 3.10. The predicted molar refractivity (Wildman–Crippen MR) is 54.9 cm³/mol. The highest BCUT2D eigenvalue weighted by Gasteiger charge is 2.08. The van der Waals surface area contributed by atoms with Gasteiger partial charge >= 0.3 is 0 Å². The molecule has 2 rings (SSSR count). The first-order valence-electron chi connectivity index (χ1n) is 4.73. The molecule has 0 atom stereocenters. The van der Waals surface area contributed by atoms with Crippen molar-refractivity contribution in [3.05, 3.63) is 59.9 Å². The Balaban J connectivity index is 2.08. The third kappa shape index (κ3) is 2.34. The Morgan fingerprint density at radius 3 is 2.56 bits per heavy atom. The first-order chi connectivity index (χ1) is 7.77. The zero-order chi connectivity index (χ0) is 11.4. The zero-order valence-electron chi connectivity index (χ0n) is 8.36. The Morgan fingerprint density at radius 1 is 1.06 bits per heavy atom. The minimum Gasteiger partial charge on any atom is -0.486 e. The van der Waals surface area contributed by atoms with Gasteiger partial charge in [0.1, 0.15) is 6.61 Å². The van der Waals surface area contributed by atoms with Crippen LogP contribution in [0.3, 0.4) is 0 Å². The maximum atomic E-state index is 13.2. The van der Waals surface area contributed by atoms with Crippen LogP contribution >= 0.6 is 0 Å². The Labute approximate surface area is 91.5 Å². The lowest BCUT2D eigenvalue weighted by Crippen LogP contribution is -1.98. The molecule has 4 heteroatoms. The van der Waals surface area contributed by atoms with E-state index < -0.39 is 11.6 Å². The number of rotatable bonds is 3. The topological polar surface area (TPSA) is 22.1 Å². The average molecular weight is 221 g/mol. The number of halogens is 2. The molecule has 0 saturated carbocycles. The molecule has 2 nitrogen and oxygen atoms in total. The van der Waals surface area contributed by atoms with Crippen molar-refractivity contribution in [2.75, 3.05) is 0 Å². The molecule has 0 bridgehead atoms. The second-order valence-electron chi connectivity index (χ2n) is 3.20. The number of nitrogens with zero attached hydrogens (tertiary/aromatic N) is 1. The third-order valence-electron chi connectivity index (χ3n) is 2.06. The Morgan fingerprint density at radius 2 is 1.81 bits per heavy atom. The third-order valence-corrected chi connectivity index (χ3v) is 2.06. The molecule has 0 N–H and O–H groups in total. The van der Waals surface area contributed by atoms with Gasteiger partial charge < -0.3 is 4.74 Å². The van der Waals surface area contributed by atoms with E-state index in [0.717, 1.165) is 11.6 Å². The van der Waals surface area contributed by atoms with Crippen LogP contribution in [0, 0.1) is 11.6 Å². The maximum Gasteiger partial charge on any atom is 0.200 e. The van der Waals surface area contributed by atoms with Gasteiger partial charge in [-0.1, -0.05) is 6.07 Å². The van der Waals surface area contributed by atoms with E-state index in [9.17, 15) is 8.78 Å². The number of pyridine rings is 1. The molecule has 2 aromatic rings. The SMILES string of the molecule is Fc1cccc(OCc2ccncc2)c1F. The second-order valence-corrected chi connectivity index (χ2v) is 3.20. The quantitative estimate of drug-likeness (QED) is 0.795. The number of benzene rings is 1. The molecule has 0 amide bonds. The van der Waals surface area contributed by atoms with Crippen LogP contribution in [0.5, 0.6) is 5.75 Å². The van der Waals surface area contributed by atoms with Crippen LogP contribution in [0.15, 0.2) is 42.7 Å². The summed E-state index contributed by atoms with van der Waals surface area (Å²) in [6, 6.07) is 7.34. The molecular formula is C12H9F2NO. The van der Waals surface area contributed by atoms with Crippen molar-refractivity contribution < 1.29 is 13.5 Å².